The number of fused-ring (bicyclic) bond motifs is 1. The minimum absolute atomic E-state index is 0.0514. The molecular weight excluding hydrogens is 526 g/mol. The van der Waals surface area contributed by atoms with Crippen molar-refractivity contribution in [1.82, 2.24) is 9.88 Å². The van der Waals surface area contributed by atoms with Gasteiger partial charge in [-0.05, 0) is 36.4 Å². The topological polar surface area (TPSA) is 119 Å². The molecule has 0 radical (unpaired) electrons. The van der Waals surface area contributed by atoms with E-state index in [0.29, 0.717) is 41.1 Å². The molecule has 4 aromatic rings. The summed E-state index contributed by atoms with van der Waals surface area (Å²) >= 11 is 0. The largest absolute Gasteiger partial charge is 0.493 e. The van der Waals surface area contributed by atoms with Crippen LogP contribution in [0.25, 0.3) is 10.8 Å². The first kappa shape index (κ1) is 27.4. The van der Waals surface area contributed by atoms with Gasteiger partial charge >= 0.3 is 5.97 Å². The molecule has 1 aliphatic heterocycles. The Bertz CT molecular complexity index is 1600. The summed E-state index contributed by atoms with van der Waals surface area (Å²) in [6.45, 7) is 2.49. The maximum absolute atomic E-state index is 13.6. The van der Waals surface area contributed by atoms with Crippen LogP contribution in [0.5, 0.6) is 17.2 Å². The second-order valence-electron chi connectivity index (χ2n) is 9.43. The number of carbonyl (C=O) groups is 3. The molecule has 0 aliphatic carbocycles. The van der Waals surface area contributed by atoms with Gasteiger partial charge in [0.05, 0.1) is 19.8 Å². The molecule has 1 amide bonds. The molecule has 1 N–H and O–H groups in total. The zero-order valence-corrected chi connectivity index (χ0v) is 22.7. The van der Waals surface area contributed by atoms with Crippen molar-refractivity contribution in [2.24, 2.45) is 0 Å². The number of hydrogen-bond acceptors (Lipinski definition) is 8. The first-order chi connectivity index (χ1) is 19.9. The van der Waals surface area contributed by atoms with Crippen LogP contribution in [-0.4, -0.2) is 79.7 Å². The maximum Gasteiger partial charge on any atom is 0.337 e. The molecule has 0 unspecified atom stereocenters. The van der Waals surface area contributed by atoms with Gasteiger partial charge in [-0.2, -0.15) is 0 Å². The molecular formula is C31H29N3O7. The van der Waals surface area contributed by atoms with Crippen LogP contribution in [0.4, 0.5) is 5.69 Å². The number of aromatic carboxylic acids is 1. The number of benzene rings is 3. The number of anilines is 1. The van der Waals surface area contributed by atoms with Crippen molar-refractivity contribution >= 4 is 34.1 Å². The third-order valence-corrected chi connectivity index (χ3v) is 7.05. The van der Waals surface area contributed by atoms with Crippen molar-refractivity contribution < 1.29 is 33.7 Å². The number of ketones is 1. The van der Waals surface area contributed by atoms with E-state index in [1.165, 1.54) is 26.4 Å². The number of aromatic nitrogens is 1. The van der Waals surface area contributed by atoms with Crippen LogP contribution < -0.4 is 19.1 Å². The first-order valence-electron chi connectivity index (χ1n) is 13.0. The number of rotatable bonds is 9. The molecule has 41 heavy (non-hydrogen) atoms. The molecule has 0 spiro atoms. The highest BCUT2D eigenvalue weighted by atomic mass is 16.5. The van der Waals surface area contributed by atoms with Crippen molar-refractivity contribution in [3.05, 3.63) is 89.7 Å². The molecule has 10 heteroatoms. The summed E-state index contributed by atoms with van der Waals surface area (Å²) in [4.78, 5) is 46.5. The van der Waals surface area contributed by atoms with E-state index in [4.69, 9.17) is 14.2 Å². The molecule has 0 saturated carbocycles. The van der Waals surface area contributed by atoms with E-state index < -0.39 is 11.8 Å². The van der Waals surface area contributed by atoms with Gasteiger partial charge in [0.1, 0.15) is 11.4 Å². The maximum atomic E-state index is 13.6. The second kappa shape index (κ2) is 12.0. The fourth-order valence-corrected chi connectivity index (χ4v) is 4.87. The number of methoxy groups -OCH3 is 2. The van der Waals surface area contributed by atoms with E-state index in [0.717, 1.165) is 25.0 Å². The number of para-hydroxylation sites is 1. The number of pyridine rings is 1. The Morgan fingerprint density at radius 1 is 0.854 bits per heavy atom. The Labute approximate surface area is 236 Å². The number of carbonyl (C=O) groups excluding carboxylic acids is 2. The third-order valence-electron chi connectivity index (χ3n) is 7.05. The van der Waals surface area contributed by atoms with Gasteiger partial charge in [-0.15, -0.1) is 0 Å². The minimum Gasteiger partial charge on any atom is -0.493 e. The zero-order chi connectivity index (χ0) is 28.9. The highest BCUT2D eigenvalue weighted by Gasteiger charge is 2.23. The standard InChI is InChI=1S/C31H29N3O7/c1-39-26-16-23-24(17-27(26)40-2)29(32-18-25(23)31(37)38)30(36)20-7-6-10-22(15-20)41-19-28(35)34-13-11-33(12-14-34)21-8-4-3-5-9-21/h3-10,15-18H,11-14,19H2,1-2H3,(H,37,38). The average Bonchev–Trinajstić information content (AvgIpc) is 3.02. The number of nitrogens with zero attached hydrogens (tertiary/aromatic N) is 3. The van der Waals surface area contributed by atoms with Gasteiger partial charge in [0.15, 0.2) is 18.1 Å². The molecule has 210 valence electrons. The van der Waals surface area contributed by atoms with Crippen LogP contribution >= 0.6 is 0 Å². The summed E-state index contributed by atoms with van der Waals surface area (Å²) in [6.07, 6.45) is 1.15. The van der Waals surface area contributed by atoms with Crippen molar-refractivity contribution in [2.75, 3.05) is 51.9 Å². The fourth-order valence-electron chi connectivity index (χ4n) is 4.87. The van der Waals surface area contributed by atoms with E-state index in [9.17, 15) is 19.5 Å². The van der Waals surface area contributed by atoms with E-state index in [-0.39, 0.29) is 29.3 Å². The highest BCUT2D eigenvalue weighted by molar-refractivity contribution is 6.18. The molecule has 2 heterocycles. The van der Waals surface area contributed by atoms with E-state index in [2.05, 4.69) is 22.0 Å². The summed E-state index contributed by atoms with van der Waals surface area (Å²) in [5, 5.41) is 10.3. The number of amides is 1. The number of hydrogen-bond donors (Lipinski definition) is 1. The van der Waals surface area contributed by atoms with Crippen LogP contribution in [0.15, 0.2) is 72.9 Å². The van der Waals surface area contributed by atoms with Crippen molar-refractivity contribution in [3.8, 4) is 17.2 Å². The molecule has 3 aromatic carbocycles. The normalized spacial score (nSPS) is 13.1. The van der Waals surface area contributed by atoms with Crippen LogP contribution in [0, 0.1) is 0 Å². The smallest absolute Gasteiger partial charge is 0.337 e. The molecule has 0 bridgehead atoms. The molecule has 1 aromatic heterocycles. The summed E-state index contributed by atoms with van der Waals surface area (Å²) in [6, 6.07) is 19.6. The Kier molecular flexibility index (Phi) is 8.00. The van der Waals surface area contributed by atoms with E-state index in [1.54, 1.807) is 29.2 Å². The molecule has 1 aliphatic rings. The lowest BCUT2D eigenvalue weighted by atomic mass is 9.99. The van der Waals surface area contributed by atoms with Gasteiger partial charge in [-0.3, -0.25) is 14.6 Å². The number of ether oxygens (including phenoxy) is 3. The number of piperazine rings is 1. The van der Waals surface area contributed by atoms with E-state index in [1.807, 2.05) is 18.2 Å². The Balaban J connectivity index is 1.30. The summed E-state index contributed by atoms with van der Waals surface area (Å²) in [5.74, 6) is -0.735. The zero-order valence-electron chi connectivity index (χ0n) is 22.7. The molecule has 1 fully saturated rings. The molecule has 1 saturated heterocycles. The fraction of sp³-hybridized carbons (Fsp3) is 0.226. The van der Waals surface area contributed by atoms with Crippen molar-refractivity contribution in [2.45, 2.75) is 0 Å². The van der Waals surface area contributed by atoms with Gasteiger partial charge in [0, 0.05) is 54.4 Å². The lowest BCUT2D eigenvalue weighted by molar-refractivity contribution is -0.133. The second-order valence-corrected chi connectivity index (χ2v) is 9.43. The van der Waals surface area contributed by atoms with Gasteiger partial charge < -0.3 is 29.1 Å². The number of carboxylic acids is 1. The van der Waals surface area contributed by atoms with Crippen molar-refractivity contribution in [3.63, 3.8) is 0 Å². The van der Waals surface area contributed by atoms with Crippen LogP contribution in [0.1, 0.15) is 26.4 Å². The molecule has 10 nitrogen and oxygen atoms in total. The van der Waals surface area contributed by atoms with Gasteiger partial charge in [0.25, 0.3) is 5.91 Å². The predicted octanol–water partition coefficient (Wildman–Crippen LogP) is 3.91. The van der Waals surface area contributed by atoms with Gasteiger partial charge in [-0.25, -0.2) is 4.79 Å². The van der Waals surface area contributed by atoms with E-state index >= 15 is 0 Å². The molecule has 0 atom stereocenters. The van der Waals surface area contributed by atoms with Crippen LogP contribution in [0.3, 0.4) is 0 Å². The third kappa shape index (κ3) is 5.76. The summed E-state index contributed by atoms with van der Waals surface area (Å²) in [7, 11) is 2.89. The summed E-state index contributed by atoms with van der Waals surface area (Å²) in [5.41, 5.74) is 1.39. The predicted molar refractivity (Wildman–Crippen MR) is 152 cm³/mol. The number of carboxylic acid groups (broad SMARTS) is 1. The average molecular weight is 556 g/mol. The van der Waals surface area contributed by atoms with Crippen molar-refractivity contribution in [1.29, 1.82) is 0 Å². The van der Waals surface area contributed by atoms with Gasteiger partial charge in [-0.1, -0.05) is 30.3 Å². The summed E-state index contributed by atoms with van der Waals surface area (Å²) < 4.78 is 16.5. The highest BCUT2D eigenvalue weighted by Crippen LogP contribution is 2.35. The lowest BCUT2D eigenvalue weighted by Crippen LogP contribution is -2.50. The Morgan fingerprint density at radius 3 is 2.20 bits per heavy atom. The monoisotopic (exact) mass is 555 g/mol. The molecule has 5 rings (SSSR count). The van der Waals surface area contributed by atoms with Crippen LogP contribution in [-0.2, 0) is 4.79 Å². The quantitative estimate of drug-likeness (QED) is 0.307. The first-order valence-corrected chi connectivity index (χ1v) is 13.0. The SMILES string of the molecule is COc1cc2c(C(=O)O)cnc(C(=O)c3cccc(OCC(=O)N4CCN(c5ccccc5)CC4)c3)c2cc1OC. The minimum atomic E-state index is -1.18. The Hall–Kier alpha value is -5.12. The van der Waals surface area contributed by atoms with Crippen LogP contribution in [0.2, 0.25) is 0 Å². The Morgan fingerprint density at radius 2 is 1.54 bits per heavy atom. The van der Waals surface area contributed by atoms with Gasteiger partial charge in [0.2, 0.25) is 5.78 Å². The lowest BCUT2D eigenvalue weighted by Gasteiger charge is -2.36.